The molecule has 0 saturated heterocycles. The van der Waals surface area contributed by atoms with E-state index in [9.17, 15) is 5.11 Å². The zero-order valence-electron chi connectivity index (χ0n) is 4.72. The first kappa shape index (κ1) is 6.88. The van der Waals surface area contributed by atoms with Crippen LogP contribution in [0.5, 0.6) is 0 Å². The maximum absolute atomic E-state index is 10.4. The van der Waals surface area contributed by atoms with Crippen molar-refractivity contribution in [3.05, 3.63) is 0 Å². The second-order valence-corrected chi connectivity index (χ2v) is 1.27. The van der Waals surface area contributed by atoms with Crippen LogP contribution in [0.1, 0.15) is 6.92 Å². The molecule has 0 aromatic carbocycles. The van der Waals surface area contributed by atoms with Gasteiger partial charge in [0, 0.05) is 21.1 Å². The van der Waals surface area contributed by atoms with E-state index in [1.165, 1.54) is 21.1 Å². The topological polar surface area (TPSA) is 38.4 Å². The molecule has 0 aliphatic heterocycles. The van der Waals surface area contributed by atoms with Gasteiger partial charge in [-0.3, -0.25) is 0 Å². The summed E-state index contributed by atoms with van der Waals surface area (Å²) >= 11 is 0. The van der Waals surface area contributed by atoms with Gasteiger partial charge in [-0.05, 0) is 0 Å². The van der Waals surface area contributed by atoms with Crippen LogP contribution in [0, 0.1) is 0 Å². The van der Waals surface area contributed by atoms with Crippen LogP contribution in [0.15, 0.2) is 0 Å². The Morgan fingerprint density at radius 1 is 1.29 bits per heavy atom. The molecule has 1 radical (unpaired) electrons. The van der Waals surface area contributed by atoms with Crippen LogP contribution in [-0.2, 0) is 14.6 Å². The van der Waals surface area contributed by atoms with Crippen LogP contribution in [0.2, 0.25) is 0 Å². The van der Waals surface area contributed by atoms with E-state index in [2.05, 4.69) is 9.47 Å². The third-order valence-corrected chi connectivity index (χ3v) is 0.742. The Balaban J connectivity index is 3.36. The Morgan fingerprint density at radius 3 is 1.57 bits per heavy atom. The maximum atomic E-state index is 10.4. The van der Waals surface area contributed by atoms with Crippen LogP contribution in [0.4, 0.5) is 0 Å². The second kappa shape index (κ2) is 2.26. The highest BCUT2D eigenvalue weighted by Crippen LogP contribution is 2.02. The van der Waals surface area contributed by atoms with Gasteiger partial charge in [0.25, 0.3) is 0 Å². The fraction of sp³-hybridized carbons (Fsp3) is 1.00. The molecule has 7 heavy (non-hydrogen) atoms. The molecule has 0 N–H and O–H groups in total. The molecule has 0 aliphatic carbocycles. The Labute approximate surface area is 42.9 Å². The van der Waals surface area contributed by atoms with Gasteiger partial charge >= 0.3 is 5.97 Å². The van der Waals surface area contributed by atoms with Gasteiger partial charge in [0.1, 0.15) is 0 Å². The summed E-state index contributed by atoms with van der Waals surface area (Å²) in [6, 6.07) is 0. The zero-order chi connectivity index (χ0) is 5.91. The minimum absolute atomic E-state index is 1.30. The molecule has 0 unspecified atom stereocenters. The van der Waals surface area contributed by atoms with E-state index in [4.69, 9.17) is 0 Å². The molecule has 3 heteroatoms. The molecule has 0 fully saturated rings. The van der Waals surface area contributed by atoms with E-state index >= 15 is 0 Å². The van der Waals surface area contributed by atoms with Crippen LogP contribution in [0.25, 0.3) is 0 Å². The summed E-state index contributed by atoms with van der Waals surface area (Å²) in [5.74, 6) is -1.67. The fourth-order valence-corrected chi connectivity index (χ4v) is 0.0833. The van der Waals surface area contributed by atoms with Gasteiger partial charge in [-0.1, -0.05) is 0 Å². The molecular weight excluding hydrogens is 96.0 g/mol. The average molecular weight is 105 g/mol. The number of hydrogen-bond donors (Lipinski definition) is 0. The summed E-state index contributed by atoms with van der Waals surface area (Å²) in [7, 11) is 2.60. The Bertz CT molecular complexity index is 44.9. The molecule has 0 aromatic rings. The summed E-state index contributed by atoms with van der Waals surface area (Å²) in [5.41, 5.74) is 0. The summed E-state index contributed by atoms with van der Waals surface area (Å²) in [5, 5.41) is 10.4. The number of ether oxygens (including phenoxy) is 2. The Kier molecular flexibility index (Phi) is 2.22. The molecule has 0 rings (SSSR count). The first-order valence-corrected chi connectivity index (χ1v) is 1.93. The van der Waals surface area contributed by atoms with Crippen molar-refractivity contribution in [1.82, 2.24) is 0 Å². The molecule has 43 valence electrons. The molecule has 0 aliphatic rings. The average Bonchev–Trinajstić information content (AvgIpc) is 1.68. The van der Waals surface area contributed by atoms with E-state index in [1.54, 1.807) is 0 Å². The molecule has 3 nitrogen and oxygen atoms in total. The Morgan fingerprint density at radius 2 is 1.57 bits per heavy atom. The van der Waals surface area contributed by atoms with Crippen LogP contribution >= 0.6 is 0 Å². The van der Waals surface area contributed by atoms with Gasteiger partial charge in [0.2, 0.25) is 0 Å². The van der Waals surface area contributed by atoms with Gasteiger partial charge in [-0.15, -0.1) is 0 Å². The van der Waals surface area contributed by atoms with Crippen molar-refractivity contribution in [3.8, 4) is 0 Å². The Hall–Kier alpha value is -0.120. The van der Waals surface area contributed by atoms with E-state index in [1.807, 2.05) is 0 Å². The SMILES string of the molecule is COC(C)([O])OC. The van der Waals surface area contributed by atoms with Crippen molar-refractivity contribution in [2.45, 2.75) is 12.9 Å². The van der Waals surface area contributed by atoms with Gasteiger partial charge in [0.05, 0.1) is 0 Å². The first-order chi connectivity index (χ1) is 3.12. The third-order valence-electron chi connectivity index (χ3n) is 0.742. The van der Waals surface area contributed by atoms with E-state index < -0.39 is 5.97 Å². The minimum atomic E-state index is -1.67. The third kappa shape index (κ3) is 2.56. The molecule has 0 aromatic heterocycles. The highest BCUT2D eigenvalue weighted by molar-refractivity contribution is 4.33. The largest absolute Gasteiger partial charge is 0.329 e. The molecule has 0 atom stereocenters. The monoisotopic (exact) mass is 105 g/mol. The predicted molar refractivity (Wildman–Crippen MR) is 23.1 cm³/mol. The molecular formula is C4H9O3. The van der Waals surface area contributed by atoms with Gasteiger partial charge in [-0.2, -0.15) is 5.11 Å². The molecule has 0 bridgehead atoms. The lowest BCUT2D eigenvalue weighted by atomic mass is 10.7. The van der Waals surface area contributed by atoms with Crippen LogP contribution in [0.3, 0.4) is 0 Å². The molecule has 0 amide bonds. The van der Waals surface area contributed by atoms with E-state index in [0.29, 0.717) is 0 Å². The fourth-order valence-electron chi connectivity index (χ4n) is 0.0833. The second-order valence-electron chi connectivity index (χ2n) is 1.27. The van der Waals surface area contributed by atoms with Crippen molar-refractivity contribution in [2.75, 3.05) is 14.2 Å². The van der Waals surface area contributed by atoms with E-state index in [-0.39, 0.29) is 0 Å². The minimum Gasteiger partial charge on any atom is -0.329 e. The number of rotatable bonds is 2. The molecule has 0 saturated carbocycles. The summed E-state index contributed by atoms with van der Waals surface area (Å²) < 4.78 is 8.62. The molecule has 0 heterocycles. The number of methoxy groups -OCH3 is 2. The number of hydrogen-bond acceptors (Lipinski definition) is 2. The standard InChI is InChI=1S/C4H9O3/c1-4(5,6-2)7-3/h1-3H3. The quantitative estimate of drug-likeness (QED) is 0.476. The predicted octanol–water partition coefficient (Wildman–Crippen LogP) is 0.383. The smallest absolute Gasteiger partial charge is 0.308 e. The summed E-state index contributed by atoms with van der Waals surface area (Å²) in [6.45, 7) is 1.30. The van der Waals surface area contributed by atoms with Crippen molar-refractivity contribution in [3.63, 3.8) is 0 Å². The summed E-state index contributed by atoms with van der Waals surface area (Å²) in [6.07, 6.45) is 0. The van der Waals surface area contributed by atoms with Crippen molar-refractivity contribution in [2.24, 2.45) is 0 Å². The summed E-state index contributed by atoms with van der Waals surface area (Å²) in [4.78, 5) is 0. The van der Waals surface area contributed by atoms with Gasteiger partial charge < -0.3 is 9.47 Å². The van der Waals surface area contributed by atoms with Crippen molar-refractivity contribution >= 4 is 0 Å². The molecule has 0 spiro atoms. The lowest BCUT2D eigenvalue weighted by Crippen LogP contribution is -2.26. The van der Waals surface area contributed by atoms with Crippen molar-refractivity contribution in [1.29, 1.82) is 0 Å². The van der Waals surface area contributed by atoms with Gasteiger partial charge in [0.15, 0.2) is 0 Å². The first-order valence-electron chi connectivity index (χ1n) is 1.93. The lowest BCUT2D eigenvalue weighted by Gasteiger charge is -2.14. The van der Waals surface area contributed by atoms with Gasteiger partial charge in [-0.25, -0.2) is 0 Å². The lowest BCUT2D eigenvalue weighted by molar-refractivity contribution is -0.357. The zero-order valence-corrected chi connectivity index (χ0v) is 4.72. The van der Waals surface area contributed by atoms with E-state index in [0.717, 1.165) is 0 Å². The maximum Gasteiger partial charge on any atom is 0.308 e. The van der Waals surface area contributed by atoms with Crippen LogP contribution < -0.4 is 0 Å². The highest BCUT2D eigenvalue weighted by Gasteiger charge is 2.18. The van der Waals surface area contributed by atoms with Crippen LogP contribution in [-0.4, -0.2) is 20.2 Å². The van der Waals surface area contributed by atoms with Crippen molar-refractivity contribution < 1.29 is 14.6 Å². The highest BCUT2D eigenvalue weighted by atomic mass is 16.8. The normalized spacial score (nSPS) is 12.0.